The summed E-state index contributed by atoms with van der Waals surface area (Å²) in [6.07, 6.45) is 3.61. The Kier molecular flexibility index (Phi) is 6.16. The van der Waals surface area contributed by atoms with Gasteiger partial charge in [0.15, 0.2) is 5.76 Å². The molecule has 4 nitrogen and oxygen atoms in total. The lowest BCUT2D eigenvalue weighted by Gasteiger charge is -2.35. The third-order valence-corrected chi connectivity index (χ3v) is 6.47. The highest BCUT2D eigenvalue weighted by atomic mass is 35.5. The Hall–Kier alpha value is -2.30. The van der Waals surface area contributed by atoms with Gasteiger partial charge < -0.3 is 9.73 Å². The van der Waals surface area contributed by atoms with Gasteiger partial charge >= 0.3 is 0 Å². The fourth-order valence-corrected chi connectivity index (χ4v) is 4.95. The molecule has 3 aromatic rings. The zero-order valence-corrected chi connectivity index (χ0v) is 18.7. The summed E-state index contributed by atoms with van der Waals surface area (Å²) in [4.78, 5) is 15.5. The molecule has 1 aliphatic rings. The molecule has 0 spiro atoms. The van der Waals surface area contributed by atoms with Crippen LogP contribution >= 0.6 is 11.6 Å². The lowest BCUT2D eigenvalue weighted by Crippen LogP contribution is -2.40. The molecule has 1 fully saturated rings. The number of hydrogen-bond donors (Lipinski definition) is 1. The van der Waals surface area contributed by atoms with Gasteiger partial charge in [0, 0.05) is 22.5 Å². The molecular weight excluding hydrogens is 396 g/mol. The zero-order valence-electron chi connectivity index (χ0n) is 17.9. The predicted molar refractivity (Wildman–Crippen MR) is 122 cm³/mol. The maximum atomic E-state index is 13.1. The minimum Gasteiger partial charge on any atom is -0.451 e. The maximum Gasteiger partial charge on any atom is 0.287 e. The van der Waals surface area contributed by atoms with E-state index in [0.29, 0.717) is 12.3 Å². The first-order chi connectivity index (χ1) is 14.5. The lowest BCUT2D eigenvalue weighted by molar-refractivity contribution is 0.0898. The van der Waals surface area contributed by atoms with E-state index in [1.54, 1.807) is 0 Å². The zero-order chi connectivity index (χ0) is 21.3. The molecule has 5 heteroatoms. The number of halogens is 1. The number of aryl methyl sites for hydroxylation is 3. The molecule has 1 atom stereocenters. The molecule has 1 aromatic heterocycles. The van der Waals surface area contributed by atoms with Crippen molar-refractivity contribution in [2.45, 2.75) is 46.1 Å². The summed E-state index contributed by atoms with van der Waals surface area (Å²) in [5, 5.41) is 4.90. The number of carbonyl (C=O) groups excluding carboxylic acids is 1. The van der Waals surface area contributed by atoms with E-state index in [4.69, 9.17) is 16.0 Å². The number of likely N-dealkylation sites (tertiary alicyclic amines) is 1. The van der Waals surface area contributed by atoms with Crippen LogP contribution in [0.25, 0.3) is 11.0 Å². The van der Waals surface area contributed by atoms with E-state index in [-0.39, 0.29) is 11.9 Å². The van der Waals surface area contributed by atoms with E-state index >= 15 is 0 Å². The van der Waals surface area contributed by atoms with Crippen molar-refractivity contribution in [3.05, 3.63) is 69.4 Å². The molecule has 0 saturated carbocycles. The van der Waals surface area contributed by atoms with Crippen LogP contribution in [0.15, 0.2) is 40.8 Å². The van der Waals surface area contributed by atoms with Crippen LogP contribution in [0, 0.1) is 20.8 Å². The Balaban J connectivity index is 1.58. The fourth-order valence-electron chi connectivity index (χ4n) is 4.69. The molecule has 1 amide bonds. The largest absolute Gasteiger partial charge is 0.451 e. The number of piperidine rings is 1. The monoisotopic (exact) mass is 424 g/mol. The first kappa shape index (κ1) is 21.0. The number of nitrogens with one attached hydrogen (secondary N) is 1. The highest BCUT2D eigenvalue weighted by Crippen LogP contribution is 2.31. The van der Waals surface area contributed by atoms with Crippen molar-refractivity contribution in [2.24, 2.45) is 0 Å². The lowest BCUT2D eigenvalue weighted by atomic mass is 10.0. The molecule has 0 aliphatic carbocycles. The summed E-state index contributed by atoms with van der Waals surface area (Å²) in [7, 11) is 0. The smallest absolute Gasteiger partial charge is 0.287 e. The number of rotatable bonds is 5. The Bertz CT molecular complexity index is 1070. The second-order valence-electron chi connectivity index (χ2n) is 8.36. The van der Waals surface area contributed by atoms with Crippen LogP contribution in [0.4, 0.5) is 0 Å². The number of nitrogens with zero attached hydrogens (tertiary/aromatic N) is 1. The molecule has 0 bridgehead atoms. The average Bonchev–Trinajstić information content (AvgIpc) is 3.06. The highest BCUT2D eigenvalue weighted by Gasteiger charge is 2.26. The minimum atomic E-state index is -0.171. The van der Waals surface area contributed by atoms with Crippen LogP contribution in [0.3, 0.4) is 0 Å². The second-order valence-corrected chi connectivity index (χ2v) is 8.76. The first-order valence-electron chi connectivity index (χ1n) is 10.7. The number of amides is 1. The summed E-state index contributed by atoms with van der Waals surface area (Å²) < 4.78 is 5.98. The van der Waals surface area contributed by atoms with E-state index in [1.807, 2.05) is 38.1 Å². The molecule has 2 heterocycles. The Morgan fingerprint density at radius 3 is 2.60 bits per heavy atom. The van der Waals surface area contributed by atoms with Crippen molar-refractivity contribution in [3.8, 4) is 0 Å². The molecule has 30 heavy (non-hydrogen) atoms. The second kappa shape index (κ2) is 8.83. The van der Waals surface area contributed by atoms with E-state index in [2.05, 4.69) is 29.3 Å². The van der Waals surface area contributed by atoms with Crippen molar-refractivity contribution < 1.29 is 9.21 Å². The van der Waals surface area contributed by atoms with Crippen LogP contribution in [0.1, 0.15) is 58.1 Å². The SMILES string of the molecule is Cc1cc(C)c2c(C)c(C(=O)NC[C@H](c3ccccc3Cl)N3CCCCC3)oc2c1. The van der Waals surface area contributed by atoms with Crippen LogP contribution in [0.2, 0.25) is 5.02 Å². The topological polar surface area (TPSA) is 45.5 Å². The van der Waals surface area contributed by atoms with Crippen LogP contribution in [0.5, 0.6) is 0 Å². The number of furan rings is 1. The van der Waals surface area contributed by atoms with E-state index in [1.165, 1.54) is 19.3 Å². The predicted octanol–water partition coefficient (Wildman–Crippen LogP) is 5.97. The van der Waals surface area contributed by atoms with Crippen LogP contribution in [-0.4, -0.2) is 30.4 Å². The first-order valence-corrected chi connectivity index (χ1v) is 11.1. The van der Waals surface area contributed by atoms with Crippen molar-refractivity contribution in [1.82, 2.24) is 10.2 Å². The van der Waals surface area contributed by atoms with Gasteiger partial charge in [-0.3, -0.25) is 9.69 Å². The van der Waals surface area contributed by atoms with Gasteiger partial charge in [0.25, 0.3) is 5.91 Å². The molecule has 158 valence electrons. The maximum absolute atomic E-state index is 13.1. The number of hydrogen-bond acceptors (Lipinski definition) is 3. The normalized spacial score (nSPS) is 16.0. The van der Waals surface area contributed by atoms with Gasteiger partial charge in [0.05, 0.1) is 6.04 Å². The summed E-state index contributed by atoms with van der Waals surface area (Å²) in [6, 6.07) is 12.1. The molecule has 2 aromatic carbocycles. The number of benzene rings is 2. The van der Waals surface area contributed by atoms with E-state index in [9.17, 15) is 4.79 Å². The van der Waals surface area contributed by atoms with Gasteiger partial charge in [-0.2, -0.15) is 0 Å². The molecular formula is C25H29ClN2O2. The Morgan fingerprint density at radius 2 is 1.87 bits per heavy atom. The van der Waals surface area contributed by atoms with Gasteiger partial charge in [-0.25, -0.2) is 0 Å². The fraction of sp³-hybridized carbons (Fsp3) is 0.400. The molecule has 0 radical (unpaired) electrons. The quantitative estimate of drug-likeness (QED) is 0.548. The third kappa shape index (κ3) is 4.12. The standard InChI is InChI=1S/C25H29ClN2O2/c1-16-13-17(2)23-18(3)24(30-22(23)14-16)25(29)27-15-21(28-11-7-4-8-12-28)19-9-5-6-10-20(19)26/h5-6,9-10,13-14,21H,4,7-8,11-12,15H2,1-3H3,(H,27,29)/t21-/m1/s1. The van der Waals surface area contributed by atoms with Gasteiger partial charge in [-0.05, 0) is 75.5 Å². The van der Waals surface area contributed by atoms with Crippen molar-refractivity contribution in [1.29, 1.82) is 0 Å². The van der Waals surface area contributed by atoms with Crippen molar-refractivity contribution in [2.75, 3.05) is 19.6 Å². The van der Waals surface area contributed by atoms with Gasteiger partial charge in [0.2, 0.25) is 0 Å². The van der Waals surface area contributed by atoms with Gasteiger partial charge in [0.1, 0.15) is 5.58 Å². The Morgan fingerprint density at radius 1 is 1.13 bits per heavy atom. The minimum absolute atomic E-state index is 0.0524. The van der Waals surface area contributed by atoms with Crippen LogP contribution < -0.4 is 5.32 Å². The highest BCUT2D eigenvalue weighted by molar-refractivity contribution is 6.31. The van der Waals surface area contributed by atoms with Crippen LogP contribution in [-0.2, 0) is 0 Å². The van der Waals surface area contributed by atoms with Crippen molar-refractivity contribution >= 4 is 28.5 Å². The van der Waals surface area contributed by atoms with Gasteiger partial charge in [-0.15, -0.1) is 0 Å². The van der Waals surface area contributed by atoms with Crippen molar-refractivity contribution in [3.63, 3.8) is 0 Å². The number of fused-ring (bicyclic) bond motifs is 1. The molecule has 1 N–H and O–H groups in total. The van der Waals surface area contributed by atoms with E-state index in [0.717, 1.165) is 51.3 Å². The average molecular weight is 425 g/mol. The summed E-state index contributed by atoms with van der Waals surface area (Å²) >= 11 is 6.52. The Labute approximate surface area is 183 Å². The molecule has 4 rings (SSSR count). The molecule has 1 aliphatic heterocycles. The summed E-state index contributed by atoms with van der Waals surface area (Å²) in [5.41, 5.74) is 4.99. The van der Waals surface area contributed by atoms with E-state index < -0.39 is 0 Å². The summed E-state index contributed by atoms with van der Waals surface area (Å²) in [6.45, 7) is 8.60. The number of carbonyl (C=O) groups is 1. The third-order valence-electron chi connectivity index (χ3n) is 6.13. The summed E-state index contributed by atoms with van der Waals surface area (Å²) in [5.74, 6) is 0.227. The molecule has 1 saturated heterocycles. The van der Waals surface area contributed by atoms with Gasteiger partial charge in [-0.1, -0.05) is 42.3 Å². The molecule has 0 unspecified atom stereocenters.